The molecule has 0 fully saturated rings. The molecule has 396 valence electrons. The first-order valence-electron chi connectivity index (χ1n) is 27.8. The van der Waals surface area contributed by atoms with Crippen molar-refractivity contribution in [3.8, 4) is 17.3 Å². The fourth-order valence-corrected chi connectivity index (χ4v) is 13.0. The van der Waals surface area contributed by atoms with Crippen LogP contribution in [-0.4, -0.2) is 21.2 Å². The molecule has 0 amide bonds. The molecule has 0 N–H and O–H groups in total. The van der Waals surface area contributed by atoms with E-state index in [9.17, 15) is 0 Å². The zero-order valence-corrected chi connectivity index (χ0v) is 49.3. The van der Waals surface area contributed by atoms with Gasteiger partial charge in [0.2, 0.25) is 0 Å². The van der Waals surface area contributed by atoms with Gasteiger partial charge in [-0.3, -0.25) is 0 Å². The summed E-state index contributed by atoms with van der Waals surface area (Å²) in [6, 6.07) is 53.9. The Morgan fingerprint density at radius 3 is 1.91 bits per heavy atom. The van der Waals surface area contributed by atoms with E-state index in [1.807, 2.05) is 18.3 Å². The maximum absolute atomic E-state index is 6.78. The Kier molecular flexibility index (Phi) is 12.4. The van der Waals surface area contributed by atoms with Gasteiger partial charge in [0.25, 0.3) is 0 Å². The van der Waals surface area contributed by atoms with Gasteiger partial charge in [-0.2, -0.15) is 12.1 Å². The largest absolute Gasteiger partial charge is 0.509 e. The van der Waals surface area contributed by atoms with Crippen molar-refractivity contribution in [3.63, 3.8) is 0 Å². The molecular formula is C70H69BN5OPt-3. The van der Waals surface area contributed by atoms with Crippen LogP contribution in [0, 0.1) is 18.8 Å². The van der Waals surface area contributed by atoms with Crippen molar-refractivity contribution in [2.75, 3.05) is 9.80 Å². The Hall–Kier alpha value is -6.82. The first-order chi connectivity index (χ1) is 36.7. The predicted molar refractivity (Wildman–Crippen MR) is 321 cm³/mol. The average molecular weight is 1200 g/mol. The van der Waals surface area contributed by atoms with Crippen LogP contribution >= 0.6 is 0 Å². The maximum atomic E-state index is 6.78. The van der Waals surface area contributed by atoms with Gasteiger partial charge in [-0.1, -0.05) is 154 Å². The summed E-state index contributed by atoms with van der Waals surface area (Å²) < 4.78 is 8.99. The fraction of sp³-hybridized carbons (Fsp3) is 0.286. The standard InChI is InChI=1S/C70H69BN5O.Pt/c1-66(2,3)49-29-36-72-64(41-49)76-60-20-13-12-19-54(60)55-26-25-52(43-63(55)76)77-51-18-16-17-50(42-51)74-45-75(62-22-15-14-21-61(62)74)65-53(47-24-28-57-59(40-47)70(10,11)35-33-68(57,6)7)31-38-73-37-30-48(44-71(65)73)46-23-27-56-58(39-46)69(8,9)34-32-67(56,4)5;/h12-31,36-41,44-45H,32-35H2,1-11H3;/q-3;. The van der Waals surface area contributed by atoms with Crippen LogP contribution < -0.4 is 14.5 Å². The molecule has 0 radical (unpaired) electrons. The number of hydrogen-bond acceptors (Lipinski definition) is 5. The van der Waals surface area contributed by atoms with E-state index in [4.69, 9.17) is 9.72 Å². The molecular weight excluding hydrogens is 1130 g/mol. The molecule has 78 heavy (non-hydrogen) atoms. The van der Waals surface area contributed by atoms with Crippen LogP contribution in [0.25, 0.3) is 38.8 Å². The summed E-state index contributed by atoms with van der Waals surface area (Å²) in [6.45, 7) is 28.2. The summed E-state index contributed by atoms with van der Waals surface area (Å²) in [5.41, 5.74) is 18.7. The third kappa shape index (κ3) is 8.71. The van der Waals surface area contributed by atoms with E-state index in [2.05, 4.69) is 260 Å². The second-order valence-corrected chi connectivity index (χ2v) is 25.9. The van der Waals surface area contributed by atoms with E-state index in [0.29, 0.717) is 11.5 Å². The van der Waals surface area contributed by atoms with Crippen LogP contribution in [-0.2, 0) is 48.1 Å². The fourth-order valence-electron chi connectivity index (χ4n) is 13.0. The molecule has 0 unspecified atom stereocenters. The van der Waals surface area contributed by atoms with E-state index in [1.165, 1.54) is 74.9 Å². The third-order valence-electron chi connectivity index (χ3n) is 17.9. The molecule has 0 saturated heterocycles. The van der Waals surface area contributed by atoms with Crippen LogP contribution in [0.4, 0.5) is 17.1 Å². The van der Waals surface area contributed by atoms with E-state index in [-0.39, 0.29) is 55.0 Å². The number of ether oxygens (including phenoxy) is 1. The molecule has 6 aromatic carbocycles. The monoisotopic (exact) mass is 1200 g/mol. The van der Waals surface area contributed by atoms with Gasteiger partial charge in [-0.25, -0.2) is 4.98 Å². The van der Waals surface area contributed by atoms with E-state index < -0.39 is 0 Å². The average Bonchev–Trinajstić information content (AvgIpc) is 4.17. The minimum absolute atomic E-state index is 0. The van der Waals surface area contributed by atoms with Crippen molar-refractivity contribution in [1.82, 2.24) is 14.4 Å². The Bertz CT molecular complexity index is 3860. The molecule has 0 spiro atoms. The number of para-hydroxylation sites is 3. The van der Waals surface area contributed by atoms with Crippen molar-refractivity contribution in [2.45, 2.75) is 129 Å². The summed E-state index contributed by atoms with van der Waals surface area (Å²) in [4.78, 5) is 12.0. The van der Waals surface area contributed by atoms with Crippen molar-refractivity contribution >= 4 is 56.9 Å². The summed E-state index contributed by atoms with van der Waals surface area (Å²) in [5.74, 6) is 4.56. The number of aromatic nitrogens is 2. The molecule has 2 aliphatic carbocycles. The van der Waals surface area contributed by atoms with Crippen molar-refractivity contribution in [3.05, 3.63) is 227 Å². The predicted octanol–water partition coefficient (Wildman–Crippen LogP) is 17.6. The van der Waals surface area contributed by atoms with Gasteiger partial charge >= 0.3 is 6.85 Å². The molecule has 13 rings (SSSR count). The summed E-state index contributed by atoms with van der Waals surface area (Å²) >= 11 is 0. The van der Waals surface area contributed by atoms with Crippen molar-refractivity contribution in [1.29, 1.82) is 0 Å². The molecule has 5 aliphatic rings. The molecule has 8 heteroatoms. The van der Waals surface area contributed by atoms with Crippen molar-refractivity contribution in [2.24, 2.45) is 0 Å². The summed E-state index contributed by atoms with van der Waals surface area (Å²) in [5, 5.41) is 2.24. The van der Waals surface area contributed by atoms with Gasteiger partial charge in [-0.05, 0) is 169 Å². The third-order valence-corrected chi connectivity index (χ3v) is 17.9. The molecule has 0 saturated carbocycles. The zero-order chi connectivity index (χ0) is 53.4. The molecule has 6 nitrogen and oxygen atoms in total. The molecule has 5 heterocycles. The smallest absolute Gasteiger partial charge is 0.335 e. The number of allylic oxidation sites excluding steroid dienone is 4. The van der Waals surface area contributed by atoms with Crippen LogP contribution in [0.5, 0.6) is 11.5 Å². The molecule has 8 aromatic rings. The van der Waals surface area contributed by atoms with Gasteiger partial charge < -0.3 is 23.9 Å². The van der Waals surface area contributed by atoms with E-state index in [1.54, 1.807) is 0 Å². The van der Waals surface area contributed by atoms with E-state index in [0.717, 1.165) is 51.1 Å². The number of nitrogens with zero attached hydrogens (tertiary/aromatic N) is 5. The Balaban J connectivity index is 0.00000609. The Labute approximate surface area is 477 Å². The summed E-state index contributed by atoms with van der Waals surface area (Å²) in [7, 11) is 0. The molecule has 2 aromatic heterocycles. The van der Waals surface area contributed by atoms with E-state index >= 15 is 0 Å². The minimum atomic E-state index is -0.106. The quantitative estimate of drug-likeness (QED) is 0.117. The molecule has 3 aliphatic heterocycles. The van der Waals surface area contributed by atoms with Gasteiger partial charge in [0.15, 0.2) is 0 Å². The number of benzene rings is 6. The van der Waals surface area contributed by atoms with Gasteiger partial charge in [0.05, 0.1) is 0 Å². The normalized spacial score (nSPS) is 18.6. The van der Waals surface area contributed by atoms with Crippen LogP contribution in [0.2, 0.25) is 0 Å². The molecule has 0 bridgehead atoms. The summed E-state index contributed by atoms with van der Waals surface area (Å²) in [6.07, 6.45) is 15.8. The number of rotatable bonds is 7. The maximum Gasteiger partial charge on any atom is 0.335 e. The SMILES string of the molecule is CC(C)(C)c1ccnc(-n2c3[c-]c(Oc4[c-]c(N5[CH-]N(C6=C(c7ccc8c(c7)C(C)(C)CCC8(C)C)C=CN7C=CC(c8ccc9c(c8)C(C)(C)CCC9(C)C)=CB67)c6ccccc65)ccc4)ccc3c3ccccc32)c1.[Pt]. The Morgan fingerprint density at radius 2 is 1.21 bits per heavy atom. The first kappa shape index (κ1) is 51.9. The number of hydrogen-bond donors (Lipinski definition) is 0. The number of pyridine rings is 1. The van der Waals surface area contributed by atoms with Crippen molar-refractivity contribution < 1.29 is 25.8 Å². The second kappa shape index (κ2) is 18.7. The van der Waals surface area contributed by atoms with Crippen LogP contribution in [0.3, 0.4) is 0 Å². The van der Waals surface area contributed by atoms with Crippen LogP contribution in [0.15, 0.2) is 170 Å². The first-order valence-corrected chi connectivity index (χ1v) is 27.8. The zero-order valence-electron chi connectivity index (χ0n) is 47.0. The molecule has 0 atom stereocenters. The van der Waals surface area contributed by atoms with Crippen LogP contribution in [0.1, 0.15) is 141 Å². The minimum Gasteiger partial charge on any atom is -0.509 e. The topological polar surface area (TPSA) is 36.8 Å². The number of fused-ring (bicyclic) bond motifs is 7. The van der Waals surface area contributed by atoms with Gasteiger partial charge in [0.1, 0.15) is 5.82 Å². The number of anilines is 3. The Morgan fingerprint density at radius 1 is 0.590 bits per heavy atom. The van der Waals surface area contributed by atoms with Gasteiger partial charge in [-0.15, -0.1) is 48.1 Å². The second-order valence-electron chi connectivity index (χ2n) is 25.9. The van der Waals surface area contributed by atoms with Gasteiger partial charge in [0, 0.05) is 55.7 Å².